The van der Waals surface area contributed by atoms with Crippen LogP contribution in [0.15, 0.2) is 0 Å². The van der Waals surface area contributed by atoms with Gasteiger partial charge in [-0.05, 0) is 24.7 Å². The number of hydrogen-bond donors (Lipinski definition) is 0. The van der Waals surface area contributed by atoms with Crippen molar-refractivity contribution in [1.82, 2.24) is 0 Å². The summed E-state index contributed by atoms with van der Waals surface area (Å²) >= 11 is 0. The van der Waals surface area contributed by atoms with Gasteiger partial charge in [0.05, 0.1) is 12.2 Å². The quantitative estimate of drug-likeness (QED) is 0.714. The molecule has 94 valence electrons. The predicted molar refractivity (Wildman–Crippen MR) is 65.2 cm³/mol. The molecule has 0 radical (unpaired) electrons. The fraction of sp³-hybridized carbons (Fsp3) is 1.00. The van der Waals surface area contributed by atoms with Crippen LogP contribution >= 0.6 is 0 Å². The van der Waals surface area contributed by atoms with Gasteiger partial charge < -0.3 is 9.47 Å². The Morgan fingerprint density at radius 2 is 1.25 bits per heavy atom. The van der Waals surface area contributed by atoms with Gasteiger partial charge in [-0.1, -0.05) is 34.1 Å². The highest BCUT2D eigenvalue weighted by molar-refractivity contribution is 4.90. The summed E-state index contributed by atoms with van der Waals surface area (Å²) in [5.74, 6) is 0.879. The first kappa shape index (κ1) is 12.4. The lowest BCUT2D eigenvalue weighted by Gasteiger charge is -2.32. The molecule has 1 aliphatic heterocycles. The molecule has 0 aromatic rings. The van der Waals surface area contributed by atoms with Crippen LogP contribution in [-0.2, 0) is 9.47 Å². The summed E-state index contributed by atoms with van der Waals surface area (Å²) in [5, 5.41) is 0. The molecule has 16 heavy (non-hydrogen) atoms. The van der Waals surface area contributed by atoms with Crippen molar-refractivity contribution in [2.45, 2.75) is 77.8 Å². The zero-order valence-electron chi connectivity index (χ0n) is 11.2. The van der Waals surface area contributed by atoms with Crippen LogP contribution in [-0.4, -0.2) is 18.0 Å². The minimum Gasteiger partial charge on any atom is -0.344 e. The molecule has 1 saturated heterocycles. The van der Waals surface area contributed by atoms with E-state index in [2.05, 4.69) is 27.7 Å². The van der Waals surface area contributed by atoms with Crippen LogP contribution < -0.4 is 0 Å². The zero-order valence-corrected chi connectivity index (χ0v) is 11.2. The van der Waals surface area contributed by atoms with Crippen LogP contribution in [0.4, 0.5) is 0 Å². The first-order valence-electron chi connectivity index (χ1n) is 6.90. The third kappa shape index (κ3) is 2.28. The SMILES string of the molecule is CC(C)[C@H]1OC2(CCCCC2)O[C@H]1C(C)C. The minimum absolute atomic E-state index is 0.220. The molecule has 0 N–H and O–H groups in total. The van der Waals surface area contributed by atoms with E-state index in [0.717, 1.165) is 12.8 Å². The normalized spacial score (nSPS) is 34.1. The molecule has 0 amide bonds. The second kappa shape index (κ2) is 4.66. The molecule has 2 nitrogen and oxygen atoms in total. The second-order valence-electron chi connectivity index (χ2n) is 6.12. The molecule has 2 heteroatoms. The van der Waals surface area contributed by atoms with Crippen LogP contribution in [0.1, 0.15) is 59.8 Å². The molecule has 2 fully saturated rings. The molecule has 2 atom stereocenters. The Morgan fingerprint density at radius 3 is 1.62 bits per heavy atom. The van der Waals surface area contributed by atoms with Crippen molar-refractivity contribution in [3.8, 4) is 0 Å². The van der Waals surface area contributed by atoms with Crippen LogP contribution in [0.3, 0.4) is 0 Å². The van der Waals surface area contributed by atoms with E-state index in [1.165, 1.54) is 19.3 Å². The summed E-state index contributed by atoms with van der Waals surface area (Å²) in [7, 11) is 0. The van der Waals surface area contributed by atoms with Crippen LogP contribution in [0, 0.1) is 11.8 Å². The topological polar surface area (TPSA) is 18.5 Å². The lowest BCUT2D eigenvalue weighted by Crippen LogP contribution is -2.34. The van der Waals surface area contributed by atoms with E-state index in [4.69, 9.17) is 9.47 Å². The fourth-order valence-corrected chi connectivity index (χ4v) is 3.01. The predicted octanol–water partition coefficient (Wildman–Crippen LogP) is 3.74. The Balaban J connectivity index is 2.10. The van der Waals surface area contributed by atoms with E-state index >= 15 is 0 Å². The third-order valence-electron chi connectivity index (χ3n) is 3.96. The molecule has 1 spiro atoms. The van der Waals surface area contributed by atoms with Gasteiger partial charge in [0.25, 0.3) is 0 Å². The first-order chi connectivity index (χ1) is 7.54. The molecule has 2 rings (SSSR count). The Morgan fingerprint density at radius 1 is 0.812 bits per heavy atom. The summed E-state index contributed by atoms with van der Waals surface area (Å²) in [6.45, 7) is 8.97. The minimum atomic E-state index is -0.220. The molecule has 2 aliphatic rings. The van der Waals surface area contributed by atoms with Gasteiger partial charge in [-0.15, -0.1) is 0 Å². The van der Waals surface area contributed by atoms with Gasteiger partial charge in [0.15, 0.2) is 5.79 Å². The van der Waals surface area contributed by atoms with E-state index in [9.17, 15) is 0 Å². The molecule has 0 aromatic heterocycles. The monoisotopic (exact) mass is 226 g/mol. The molecular formula is C14H26O2. The van der Waals surface area contributed by atoms with Crippen LogP contribution in [0.25, 0.3) is 0 Å². The lowest BCUT2D eigenvalue weighted by atomic mass is 9.94. The Labute approximate surface area is 99.7 Å². The van der Waals surface area contributed by atoms with Crippen molar-refractivity contribution >= 4 is 0 Å². The Kier molecular flexibility index (Phi) is 3.60. The van der Waals surface area contributed by atoms with Crippen LogP contribution in [0.2, 0.25) is 0 Å². The molecule has 1 saturated carbocycles. The maximum Gasteiger partial charge on any atom is 0.169 e. The summed E-state index contributed by atoms with van der Waals surface area (Å²) < 4.78 is 12.6. The van der Waals surface area contributed by atoms with Crippen molar-refractivity contribution in [2.24, 2.45) is 11.8 Å². The number of rotatable bonds is 2. The third-order valence-corrected chi connectivity index (χ3v) is 3.96. The van der Waals surface area contributed by atoms with Crippen molar-refractivity contribution in [1.29, 1.82) is 0 Å². The maximum atomic E-state index is 6.30. The summed E-state index contributed by atoms with van der Waals surface area (Å²) in [6, 6.07) is 0. The summed E-state index contributed by atoms with van der Waals surface area (Å²) in [5.41, 5.74) is 0. The highest BCUT2D eigenvalue weighted by Crippen LogP contribution is 2.43. The van der Waals surface area contributed by atoms with Gasteiger partial charge in [0.2, 0.25) is 0 Å². The van der Waals surface area contributed by atoms with E-state index in [-0.39, 0.29) is 18.0 Å². The fourth-order valence-electron chi connectivity index (χ4n) is 3.01. The zero-order chi connectivity index (χ0) is 11.8. The van der Waals surface area contributed by atoms with Gasteiger partial charge in [-0.25, -0.2) is 0 Å². The molecule has 0 aromatic carbocycles. The van der Waals surface area contributed by atoms with Crippen molar-refractivity contribution in [3.63, 3.8) is 0 Å². The highest BCUT2D eigenvalue weighted by atomic mass is 16.8. The highest BCUT2D eigenvalue weighted by Gasteiger charge is 2.49. The molecule has 0 bridgehead atoms. The second-order valence-corrected chi connectivity index (χ2v) is 6.12. The van der Waals surface area contributed by atoms with Crippen molar-refractivity contribution in [3.05, 3.63) is 0 Å². The largest absolute Gasteiger partial charge is 0.344 e. The Hall–Kier alpha value is -0.0800. The van der Waals surface area contributed by atoms with Gasteiger partial charge >= 0.3 is 0 Å². The average Bonchev–Trinajstić information content (AvgIpc) is 2.59. The maximum absolute atomic E-state index is 6.30. The number of hydrogen-bond acceptors (Lipinski definition) is 2. The summed E-state index contributed by atoms with van der Waals surface area (Å²) in [4.78, 5) is 0. The van der Waals surface area contributed by atoms with Gasteiger partial charge in [0.1, 0.15) is 0 Å². The van der Waals surface area contributed by atoms with Crippen LogP contribution in [0.5, 0.6) is 0 Å². The molecular weight excluding hydrogens is 200 g/mol. The molecule has 1 aliphatic carbocycles. The van der Waals surface area contributed by atoms with E-state index in [1.807, 2.05) is 0 Å². The standard InChI is InChI=1S/C14H26O2/c1-10(2)12-13(11(3)4)16-14(15-12)8-6-5-7-9-14/h10-13H,5-9H2,1-4H3/t12-,13+. The Bertz CT molecular complexity index is 211. The van der Waals surface area contributed by atoms with Gasteiger partial charge in [0, 0.05) is 12.8 Å². The molecule has 1 heterocycles. The van der Waals surface area contributed by atoms with Crippen molar-refractivity contribution in [2.75, 3.05) is 0 Å². The first-order valence-corrected chi connectivity index (χ1v) is 6.90. The van der Waals surface area contributed by atoms with E-state index in [0.29, 0.717) is 11.8 Å². The van der Waals surface area contributed by atoms with Gasteiger partial charge in [-0.2, -0.15) is 0 Å². The summed E-state index contributed by atoms with van der Waals surface area (Å²) in [6.07, 6.45) is 6.63. The molecule has 0 unspecified atom stereocenters. The van der Waals surface area contributed by atoms with E-state index < -0.39 is 0 Å². The number of ether oxygens (including phenoxy) is 2. The lowest BCUT2D eigenvalue weighted by molar-refractivity contribution is -0.198. The van der Waals surface area contributed by atoms with Gasteiger partial charge in [-0.3, -0.25) is 0 Å². The smallest absolute Gasteiger partial charge is 0.169 e. The van der Waals surface area contributed by atoms with Crippen molar-refractivity contribution < 1.29 is 9.47 Å². The average molecular weight is 226 g/mol. The van der Waals surface area contributed by atoms with E-state index in [1.54, 1.807) is 0 Å².